The van der Waals surface area contributed by atoms with E-state index in [2.05, 4.69) is 15.2 Å². The molecule has 1 aromatic carbocycles. The van der Waals surface area contributed by atoms with E-state index < -0.39 is 5.09 Å². The molecule has 0 aliphatic heterocycles. The maximum absolute atomic E-state index is 8.36. The van der Waals surface area contributed by atoms with Crippen molar-refractivity contribution in [2.45, 2.75) is 0 Å². The lowest BCUT2D eigenvalue weighted by atomic mass is 10.3. The van der Waals surface area contributed by atoms with Crippen LogP contribution in [0, 0.1) is 10.1 Å². The third-order valence-corrected chi connectivity index (χ3v) is 1.95. The van der Waals surface area contributed by atoms with Crippen molar-refractivity contribution in [1.29, 1.82) is 0 Å². The Bertz CT molecular complexity index is 604. The lowest BCUT2D eigenvalue weighted by molar-refractivity contribution is -0.742. The maximum Gasteiger partial charge on any atom is 0.291 e. The van der Waals surface area contributed by atoms with Crippen molar-refractivity contribution >= 4 is 35.4 Å². The zero-order chi connectivity index (χ0) is 15.0. The van der Waals surface area contributed by atoms with Gasteiger partial charge in [-0.05, 0) is 24.3 Å². The van der Waals surface area contributed by atoms with Gasteiger partial charge in [0.15, 0.2) is 5.82 Å². The van der Waals surface area contributed by atoms with Crippen molar-refractivity contribution in [2.24, 2.45) is 10.2 Å². The van der Waals surface area contributed by atoms with Crippen molar-refractivity contribution in [3.8, 4) is 0 Å². The number of hydrogen-bond donors (Lipinski definition) is 3. The molecule has 2 rings (SSSR count). The minimum absolute atomic E-state index is 0. The molecule has 9 nitrogen and oxygen atoms in total. The highest BCUT2D eigenvalue weighted by molar-refractivity contribution is 5.85. The van der Waals surface area contributed by atoms with E-state index in [0.717, 1.165) is 5.69 Å². The number of nitrogens with zero attached hydrogens (tertiary/aromatic N) is 4. The number of azo groups is 1. The summed E-state index contributed by atoms with van der Waals surface area (Å²) in [4.78, 5) is 12.2. The summed E-state index contributed by atoms with van der Waals surface area (Å²) in [5, 5.41) is 21.7. The van der Waals surface area contributed by atoms with Gasteiger partial charge in [-0.25, -0.2) is 4.98 Å². The molecule has 0 bridgehead atoms. The Morgan fingerprint density at radius 2 is 1.67 bits per heavy atom. The second-order valence-corrected chi connectivity index (χ2v) is 3.41. The Balaban J connectivity index is 0.000000715. The van der Waals surface area contributed by atoms with Gasteiger partial charge in [0, 0.05) is 0 Å². The molecule has 0 unspecified atom stereocenters. The van der Waals surface area contributed by atoms with Gasteiger partial charge in [0.25, 0.3) is 5.09 Å². The van der Waals surface area contributed by atoms with Crippen molar-refractivity contribution in [1.82, 2.24) is 4.98 Å². The molecule has 0 atom stereocenters. The number of nitrogen functional groups attached to an aromatic ring is 2. The largest absolute Gasteiger partial charge is 0.384 e. The van der Waals surface area contributed by atoms with E-state index in [4.69, 9.17) is 26.8 Å². The fourth-order valence-corrected chi connectivity index (χ4v) is 1.17. The van der Waals surface area contributed by atoms with E-state index >= 15 is 0 Å². The van der Waals surface area contributed by atoms with Crippen LogP contribution in [-0.2, 0) is 0 Å². The molecule has 112 valence electrons. The Morgan fingerprint density at radius 1 is 1.10 bits per heavy atom. The van der Waals surface area contributed by atoms with E-state index in [0.29, 0.717) is 11.5 Å². The quantitative estimate of drug-likeness (QED) is 0.440. The minimum atomic E-state index is -1.50. The molecule has 5 N–H and O–H groups in total. The highest BCUT2D eigenvalue weighted by atomic mass is 35.5. The number of pyridine rings is 1. The number of anilines is 2. The average Bonchev–Trinajstić information content (AvgIpc) is 2.38. The van der Waals surface area contributed by atoms with Crippen LogP contribution < -0.4 is 11.5 Å². The van der Waals surface area contributed by atoms with Crippen LogP contribution in [0.4, 0.5) is 23.0 Å². The first kappa shape index (κ1) is 18.1. The van der Waals surface area contributed by atoms with Crippen LogP contribution in [0.1, 0.15) is 0 Å². The first-order valence-corrected chi connectivity index (χ1v) is 5.31. The molecule has 0 saturated heterocycles. The maximum atomic E-state index is 8.36. The molecule has 21 heavy (non-hydrogen) atoms. The summed E-state index contributed by atoms with van der Waals surface area (Å²) < 4.78 is 0. The van der Waals surface area contributed by atoms with Crippen molar-refractivity contribution in [2.75, 3.05) is 11.5 Å². The molecule has 0 saturated carbocycles. The molecule has 2 aromatic rings. The SMILES string of the molecule is Cl.Nc1ccc(N=Nc2ccccc2)c(N)n1.O=[N+]([O-])O. The molecule has 0 fully saturated rings. The van der Waals surface area contributed by atoms with E-state index in [1.165, 1.54) is 0 Å². The van der Waals surface area contributed by atoms with Gasteiger partial charge >= 0.3 is 0 Å². The molecule has 0 spiro atoms. The smallest absolute Gasteiger partial charge is 0.291 e. The fraction of sp³-hybridized carbons (Fsp3) is 0. The molecular weight excluding hydrogens is 300 g/mol. The van der Waals surface area contributed by atoms with Gasteiger partial charge < -0.3 is 16.7 Å². The summed E-state index contributed by atoms with van der Waals surface area (Å²) in [5.74, 6) is 0.649. The third-order valence-electron chi connectivity index (χ3n) is 1.95. The second kappa shape index (κ2) is 9.04. The van der Waals surface area contributed by atoms with Crippen molar-refractivity contribution in [3.05, 3.63) is 52.6 Å². The predicted molar refractivity (Wildman–Crippen MR) is 79.7 cm³/mol. The normalized spacial score (nSPS) is 9.33. The lowest BCUT2D eigenvalue weighted by Crippen LogP contribution is -1.95. The molecule has 0 radical (unpaired) electrons. The van der Waals surface area contributed by atoms with E-state index in [1.807, 2.05) is 30.3 Å². The van der Waals surface area contributed by atoms with E-state index in [1.54, 1.807) is 12.1 Å². The van der Waals surface area contributed by atoms with Gasteiger partial charge in [-0.3, -0.25) is 0 Å². The summed E-state index contributed by atoms with van der Waals surface area (Å²) in [6, 6.07) is 12.7. The molecule has 1 heterocycles. The molecule has 1 aromatic heterocycles. The second-order valence-electron chi connectivity index (χ2n) is 3.41. The van der Waals surface area contributed by atoms with Crippen LogP contribution in [0.15, 0.2) is 52.7 Å². The molecule has 0 amide bonds. The van der Waals surface area contributed by atoms with Gasteiger partial charge in [-0.2, -0.15) is 5.11 Å². The highest BCUT2D eigenvalue weighted by Gasteiger charge is 1.98. The van der Waals surface area contributed by atoms with Gasteiger partial charge in [0.2, 0.25) is 0 Å². The van der Waals surface area contributed by atoms with Crippen LogP contribution in [0.25, 0.3) is 0 Å². The van der Waals surface area contributed by atoms with Gasteiger partial charge in [0.05, 0.1) is 5.69 Å². The average molecular weight is 313 g/mol. The number of halogens is 1. The van der Waals surface area contributed by atoms with Crippen LogP contribution in [-0.4, -0.2) is 15.3 Å². The lowest BCUT2D eigenvalue weighted by Gasteiger charge is -1.98. The number of benzene rings is 1. The van der Waals surface area contributed by atoms with Crippen LogP contribution in [0.5, 0.6) is 0 Å². The fourth-order valence-electron chi connectivity index (χ4n) is 1.17. The highest BCUT2D eigenvalue weighted by Crippen LogP contribution is 2.23. The first-order valence-electron chi connectivity index (χ1n) is 5.31. The van der Waals surface area contributed by atoms with E-state index in [-0.39, 0.29) is 18.2 Å². The van der Waals surface area contributed by atoms with E-state index in [9.17, 15) is 0 Å². The Labute approximate surface area is 125 Å². The van der Waals surface area contributed by atoms with Gasteiger partial charge in [-0.1, -0.05) is 18.2 Å². The molecule has 0 aliphatic rings. The number of nitrogens with two attached hydrogens (primary N) is 2. The van der Waals surface area contributed by atoms with Crippen LogP contribution >= 0.6 is 12.4 Å². The Kier molecular flexibility index (Phi) is 7.78. The number of hydrogen-bond acceptors (Lipinski definition) is 7. The van der Waals surface area contributed by atoms with Gasteiger partial charge in [-0.15, -0.1) is 27.6 Å². The molecular formula is C11H13ClN6O3. The topological polar surface area (TPSA) is 153 Å². The zero-order valence-corrected chi connectivity index (χ0v) is 11.5. The summed E-state index contributed by atoms with van der Waals surface area (Å²) in [6.07, 6.45) is 0. The number of aromatic nitrogens is 1. The first-order chi connectivity index (χ1) is 9.49. The summed E-state index contributed by atoms with van der Waals surface area (Å²) in [6.45, 7) is 0. The summed E-state index contributed by atoms with van der Waals surface area (Å²) in [5.41, 5.74) is 12.4. The summed E-state index contributed by atoms with van der Waals surface area (Å²) in [7, 11) is 0. The predicted octanol–water partition coefficient (Wildman–Crippen LogP) is 2.74. The minimum Gasteiger partial charge on any atom is -0.384 e. The van der Waals surface area contributed by atoms with Crippen molar-refractivity contribution < 1.29 is 10.3 Å². The third kappa shape index (κ3) is 7.28. The molecule has 0 aliphatic carbocycles. The van der Waals surface area contributed by atoms with Gasteiger partial charge in [0.1, 0.15) is 11.5 Å². The Morgan fingerprint density at radius 3 is 2.19 bits per heavy atom. The van der Waals surface area contributed by atoms with Crippen LogP contribution in [0.3, 0.4) is 0 Å². The standard InChI is InChI=1S/C11H11N5.ClH.HNO3/c12-10-7-6-9(11(13)14-10)16-15-8-4-2-1-3-5-8;;2-1(3)4/h1-7H,(H4,12,13,14);1H;(H,2,3,4). The molecule has 10 heteroatoms. The monoisotopic (exact) mass is 312 g/mol. The van der Waals surface area contributed by atoms with Crippen molar-refractivity contribution in [3.63, 3.8) is 0 Å². The summed E-state index contributed by atoms with van der Waals surface area (Å²) >= 11 is 0. The number of rotatable bonds is 2. The van der Waals surface area contributed by atoms with Crippen LogP contribution in [0.2, 0.25) is 0 Å². The zero-order valence-electron chi connectivity index (χ0n) is 10.7. The Hall–Kier alpha value is -2.94.